The normalized spacial score (nSPS) is 17.4. The third-order valence-corrected chi connectivity index (χ3v) is 4.12. The van der Waals surface area contributed by atoms with Crippen LogP contribution in [0.25, 0.3) is 0 Å². The Morgan fingerprint density at radius 2 is 1.95 bits per heavy atom. The molecule has 0 unspecified atom stereocenters. The van der Waals surface area contributed by atoms with Gasteiger partial charge >= 0.3 is 0 Å². The molecule has 0 radical (unpaired) electrons. The minimum absolute atomic E-state index is 0.142. The van der Waals surface area contributed by atoms with Gasteiger partial charge in [-0.2, -0.15) is 5.10 Å². The quantitative estimate of drug-likeness (QED) is 0.795. The lowest BCUT2D eigenvalue weighted by Gasteiger charge is -2.28. The van der Waals surface area contributed by atoms with Gasteiger partial charge < -0.3 is 20.5 Å². The van der Waals surface area contributed by atoms with Gasteiger partial charge in [-0.15, -0.1) is 5.10 Å². The summed E-state index contributed by atoms with van der Waals surface area (Å²) in [6.45, 7) is 0.431. The summed E-state index contributed by atoms with van der Waals surface area (Å²) in [5.74, 6) is 0.165. The summed E-state index contributed by atoms with van der Waals surface area (Å²) in [5, 5.41) is 10.4. The molecular formula is C15H24N4O3. The second kappa shape index (κ2) is 7.40. The molecule has 1 amide bonds. The molecule has 122 valence electrons. The highest BCUT2D eigenvalue weighted by atomic mass is 16.5. The lowest BCUT2D eigenvalue weighted by molar-refractivity contribution is 0.0933. The van der Waals surface area contributed by atoms with Gasteiger partial charge in [-0.25, -0.2) is 0 Å². The Morgan fingerprint density at radius 1 is 1.27 bits per heavy atom. The van der Waals surface area contributed by atoms with Gasteiger partial charge in [-0.1, -0.05) is 25.7 Å². The van der Waals surface area contributed by atoms with Crippen LogP contribution >= 0.6 is 0 Å². The van der Waals surface area contributed by atoms with Crippen molar-refractivity contribution >= 4 is 5.91 Å². The van der Waals surface area contributed by atoms with Crippen molar-refractivity contribution in [3.63, 3.8) is 0 Å². The molecule has 3 N–H and O–H groups in total. The van der Waals surface area contributed by atoms with Gasteiger partial charge in [0.05, 0.1) is 20.4 Å². The molecule has 1 aliphatic rings. The van der Waals surface area contributed by atoms with Crippen molar-refractivity contribution in [1.82, 2.24) is 15.5 Å². The van der Waals surface area contributed by atoms with Gasteiger partial charge in [0.2, 0.25) is 5.88 Å². The van der Waals surface area contributed by atoms with E-state index in [9.17, 15) is 4.79 Å². The number of ether oxygens (including phenoxy) is 2. The first kappa shape index (κ1) is 16.5. The average Bonchev–Trinajstić information content (AvgIpc) is 2.77. The fourth-order valence-electron chi connectivity index (χ4n) is 2.81. The maximum atomic E-state index is 12.5. The lowest BCUT2D eigenvalue weighted by Crippen LogP contribution is -2.49. The smallest absolute Gasteiger partial charge is 0.260 e. The van der Waals surface area contributed by atoms with E-state index in [0.717, 1.165) is 25.7 Å². The van der Waals surface area contributed by atoms with E-state index in [2.05, 4.69) is 15.5 Å². The van der Waals surface area contributed by atoms with Crippen LogP contribution in [0, 0.1) is 0 Å². The van der Waals surface area contributed by atoms with Gasteiger partial charge in [0.15, 0.2) is 5.75 Å². The fraction of sp³-hybridized carbons (Fsp3) is 0.667. The number of carbonyl (C=O) groups is 1. The van der Waals surface area contributed by atoms with Crippen molar-refractivity contribution in [1.29, 1.82) is 0 Å². The molecule has 1 fully saturated rings. The summed E-state index contributed by atoms with van der Waals surface area (Å²) in [6, 6.07) is 0. The van der Waals surface area contributed by atoms with Crippen LogP contribution < -0.4 is 20.5 Å². The summed E-state index contributed by atoms with van der Waals surface area (Å²) in [6.07, 6.45) is 7.88. The molecule has 1 aliphatic carbocycles. The van der Waals surface area contributed by atoms with Gasteiger partial charge in [-0.05, 0) is 12.8 Å². The summed E-state index contributed by atoms with van der Waals surface area (Å²) >= 11 is 0. The zero-order chi connectivity index (χ0) is 16.0. The van der Waals surface area contributed by atoms with Crippen LogP contribution in [0.4, 0.5) is 0 Å². The molecule has 22 heavy (non-hydrogen) atoms. The van der Waals surface area contributed by atoms with E-state index in [-0.39, 0.29) is 22.9 Å². The number of aromatic nitrogens is 2. The number of methoxy groups -OCH3 is 2. The Kier molecular flexibility index (Phi) is 5.54. The number of hydrogen-bond donors (Lipinski definition) is 2. The van der Waals surface area contributed by atoms with Crippen LogP contribution in [0.2, 0.25) is 0 Å². The monoisotopic (exact) mass is 308 g/mol. The second-order valence-corrected chi connectivity index (χ2v) is 5.76. The van der Waals surface area contributed by atoms with Crippen LogP contribution in [0.1, 0.15) is 48.9 Å². The van der Waals surface area contributed by atoms with Gasteiger partial charge in [0.1, 0.15) is 5.56 Å². The van der Waals surface area contributed by atoms with E-state index in [1.54, 1.807) is 0 Å². The first-order valence-electron chi connectivity index (χ1n) is 7.60. The third kappa shape index (κ3) is 3.85. The second-order valence-electron chi connectivity index (χ2n) is 5.76. The highest BCUT2D eigenvalue weighted by Gasteiger charge is 2.28. The third-order valence-electron chi connectivity index (χ3n) is 4.12. The Hall–Kier alpha value is -1.89. The minimum Gasteiger partial charge on any atom is -0.494 e. The molecule has 0 atom stereocenters. The Bertz CT molecular complexity index is 491. The highest BCUT2D eigenvalue weighted by Crippen LogP contribution is 2.26. The van der Waals surface area contributed by atoms with E-state index < -0.39 is 0 Å². The van der Waals surface area contributed by atoms with E-state index in [4.69, 9.17) is 15.2 Å². The van der Waals surface area contributed by atoms with Gasteiger partial charge in [0, 0.05) is 12.1 Å². The molecule has 0 aliphatic heterocycles. The molecule has 0 saturated heterocycles. The number of carbonyl (C=O) groups excluding carboxylic acids is 1. The van der Waals surface area contributed by atoms with Crippen LogP contribution in [0.15, 0.2) is 6.20 Å². The maximum Gasteiger partial charge on any atom is 0.260 e. The van der Waals surface area contributed by atoms with Crippen molar-refractivity contribution in [2.45, 2.75) is 44.1 Å². The highest BCUT2D eigenvalue weighted by molar-refractivity contribution is 5.99. The molecule has 1 aromatic rings. The van der Waals surface area contributed by atoms with Crippen LogP contribution in [-0.4, -0.2) is 42.4 Å². The van der Waals surface area contributed by atoms with Gasteiger partial charge in [-0.3, -0.25) is 4.79 Å². The van der Waals surface area contributed by atoms with Crippen molar-refractivity contribution < 1.29 is 14.3 Å². The molecule has 0 spiro atoms. The number of nitrogens with zero attached hydrogens (tertiary/aromatic N) is 2. The summed E-state index contributed by atoms with van der Waals surface area (Å²) < 4.78 is 10.3. The number of nitrogens with two attached hydrogens (primary N) is 1. The van der Waals surface area contributed by atoms with E-state index in [1.165, 1.54) is 33.3 Å². The van der Waals surface area contributed by atoms with E-state index >= 15 is 0 Å². The number of rotatable bonds is 5. The number of hydrogen-bond acceptors (Lipinski definition) is 6. The molecule has 7 nitrogen and oxygen atoms in total. The van der Waals surface area contributed by atoms with Crippen molar-refractivity contribution in [3.8, 4) is 11.6 Å². The van der Waals surface area contributed by atoms with Gasteiger partial charge in [0.25, 0.3) is 5.91 Å². The van der Waals surface area contributed by atoms with E-state index in [0.29, 0.717) is 12.3 Å². The van der Waals surface area contributed by atoms with Crippen LogP contribution in [0.5, 0.6) is 11.6 Å². The van der Waals surface area contributed by atoms with Crippen molar-refractivity contribution in [3.05, 3.63) is 11.8 Å². The topological polar surface area (TPSA) is 99.4 Å². The Balaban J connectivity index is 2.09. The SMILES string of the molecule is COc1cnnc(OC)c1C(=O)NCC1(N)CCCCCC1. The molecule has 0 bridgehead atoms. The molecule has 1 aromatic heterocycles. The average molecular weight is 308 g/mol. The molecule has 1 saturated carbocycles. The predicted molar refractivity (Wildman–Crippen MR) is 82.1 cm³/mol. The van der Waals surface area contributed by atoms with Crippen molar-refractivity contribution in [2.75, 3.05) is 20.8 Å². The van der Waals surface area contributed by atoms with E-state index in [1.807, 2.05) is 0 Å². The Morgan fingerprint density at radius 3 is 2.55 bits per heavy atom. The summed E-state index contributed by atoms with van der Waals surface area (Å²) in [4.78, 5) is 12.5. The van der Waals surface area contributed by atoms with Crippen LogP contribution in [0.3, 0.4) is 0 Å². The minimum atomic E-state index is -0.340. The molecule has 0 aromatic carbocycles. The zero-order valence-corrected chi connectivity index (χ0v) is 13.2. The first-order chi connectivity index (χ1) is 10.6. The molecule has 1 heterocycles. The number of nitrogens with one attached hydrogen (secondary N) is 1. The molecule has 7 heteroatoms. The van der Waals surface area contributed by atoms with Crippen molar-refractivity contribution in [2.24, 2.45) is 5.73 Å². The standard InChI is InChI=1S/C15H24N4O3/c1-21-11-9-18-19-14(22-2)12(11)13(20)17-10-15(16)7-5-3-4-6-8-15/h9H,3-8,10,16H2,1-2H3,(H,17,20). The molecular weight excluding hydrogens is 284 g/mol. The first-order valence-corrected chi connectivity index (χ1v) is 7.60. The van der Waals surface area contributed by atoms with Crippen LogP contribution in [-0.2, 0) is 0 Å². The summed E-state index contributed by atoms with van der Waals surface area (Å²) in [5.41, 5.74) is 6.33. The lowest BCUT2D eigenvalue weighted by atomic mass is 9.91. The largest absolute Gasteiger partial charge is 0.494 e. The predicted octanol–water partition coefficient (Wildman–Crippen LogP) is 1.28. The zero-order valence-electron chi connectivity index (χ0n) is 13.2. The Labute approximate surface area is 130 Å². The fourth-order valence-corrected chi connectivity index (χ4v) is 2.81. The summed E-state index contributed by atoms with van der Waals surface area (Å²) in [7, 11) is 2.92. The maximum absolute atomic E-state index is 12.5. The number of amides is 1. The molecule has 2 rings (SSSR count).